The predicted molar refractivity (Wildman–Crippen MR) is 60.0 cm³/mol. The topological polar surface area (TPSA) is 61.7 Å². The van der Waals surface area contributed by atoms with Crippen LogP contribution in [0.3, 0.4) is 0 Å². The van der Waals surface area contributed by atoms with Crippen LogP contribution < -0.4 is 4.74 Å². The Morgan fingerprint density at radius 1 is 1.47 bits per heavy atom. The molecule has 0 amide bonds. The summed E-state index contributed by atoms with van der Waals surface area (Å²) < 4.78 is 18.3. The summed E-state index contributed by atoms with van der Waals surface area (Å²) in [7, 11) is 1.41. The van der Waals surface area contributed by atoms with Crippen molar-refractivity contribution in [2.45, 2.75) is 6.92 Å². The van der Waals surface area contributed by atoms with Crippen LogP contribution in [0.15, 0.2) is 18.2 Å². The van der Waals surface area contributed by atoms with E-state index in [0.29, 0.717) is 22.8 Å². The molecule has 0 saturated carbocycles. The monoisotopic (exact) mass is 231 g/mol. The van der Waals surface area contributed by atoms with Crippen LogP contribution in [0.5, 0.6) is 5.75 Å². The highest BCUT2D eigenvalue weighted by Crippen LogP contribution is 2.24. The molecule has 0 saturated heterocycles. The van der Waals surface area contributed by atoms with E-state index >= 15 is 0 Å². The number of aromatic nitrogens is 2. The number of benzene rings is 1. The van der Waals surface area contributed by atoms with Crippen molar-refractivity contribution in [3.05, 3.63) is 35.4 Å². The number of methoxy groups -OCH3 is 1. The van der Waals surface area contributed by atoms with E-state index in [1.165, 1.54) is 19.2 Å². The summed E-state index contributed by atoms with van der Waals surface area (Å²) in [5.41, 5.74) is 1.56. The van der Waals surface area contributed by atoms with Crippen molar-refractivity contribution < 1.29 is 9.13 Å². The van der Waals surface area contributed by atoms with E-state index in [9.17, 15) is 4.39 Å². The van der Waals surface area contributed by atoms with Gasteiger partial charge in [0.15, 0.2) is 17.3 Å². The van der Waals surface area contributed by atoms with E-state index in [2.05, 4.69) is 9.97 Å². The van der Waals surface area contributed by atoms with Gasteiger partial charge in [0, 0.05) is 5.56 Å². The van der Waals surface area contributed by atoms with Gasteiger partial charge >= 0.3 is 0 Å². The minimum Gasteiger partial charge on any atom is -0.494 e. The third-order valence-electron chi connectivity index (χ3n) is 2.42. The number of halogens is 1. The van der Waals surface area contributed by atoms with Crippen LogP contribution in [-0.4, -0.2) is 17.1 Å². The second-order valence-electron chi connectivity index (χ2n) is 3.52. The zero-order valence-corrected chi connectivity index (χ0v) is 9.41. The first-order chi connectivity index (χ1) is 8.15. The Hall–Kier alpha value is -2.35. The average Bonchev–Trinajstić information content (AvgIpc) is 2.70. The molecule has 2 rings (SSSR count). The van der Waals surface area contributed by atoms with Gasteiger partial charge in [-0.25, -0.2) is 9.37 Å². The maximum absolute atomic E-state index is 13.5. The summed E-state index contributed by atoms with van der Waals surface area (Å²) in [6.45, 7) is 1.74. The molecule has 0 atom stereocenters. The Bertz CT molecular complexity index is 598. The van der Waals surface area contributed by atoms with Crippen molar-refractivity contribution in [3.8, 4) is 23.2 Å². The Morgan fingerprint density at radius 3 is 2.76 bits per heavy atom. The molecule has 0 aliphatic heterocycles. The number of hydrogen-bond acceptors (Lipinski definition) is 3. The van der Waals surface area contributed by atoms with E-state index in [0.717, 1.165) is 0 Å². The lowest BCUT2D eigenvalue weighted by molar-refractivity contribution is 0.386. The molecule has 1 N–H and O–H groups in total. The fraction of sp³-hybridized carbons (Fsp3) is 0.167. The van der Waals surface area contributed by atoms with Crippen molar-refractivity contribution in [1.82, 2.24) is 9.97 Å². The summed E-state index contributed by atoms with van der Waals surface area (Å²) in [5.74, 6) is 0.190. The first-order valence-corrected chi connectivity index (χ1v) is 4.96. The third kappa shape index (κ3) is 1.97. The largest absolute Gasteiger partial charge is 0.494 e. The molecule has 0 aliphatic rings. The number of aromatic amines is 1. The van der Waals surface area contributed by atoms with Gasteiger partial charge in [0.2, 0.25) is 0 Å². The zero-order chi connectivity index (χ0) is 12.4. The van der Waals surface area contributed by atoms with Crippen molar-refractivity contribution >= 4 is 0 Å². The first-order valence-electron chi connectivity index (χ1n) is 4.96. The van der Waals surface area contributed by atoms with Gasteiger partial charge in [0.1, 0.15) is 11.9 Å². The average molecular weight is 231 g/mol. The molecule has 0 aliphatic carbocycles. The quantitative estimate of drug-likeness (QED) is 0.863. The van der Waals surface area contributed by atoms with Crippen LogP contribution in [0.4, 0.5) is 4.39 Å². The van der Waals surface area contributed by atoms with E-state index in [-0.39, 0.29) is 5.75 Å². The minimum atomic E-state index is -0.461. The molecule has 0 spiro atoms. The number of nitrogens with one attached hydrogen (secondary N) is 1. The Balaban J connectivity index is 2.47. The normalized spacial score (nSPS) is 10.0. The molecule has 4 nitrogen and oxygen atoms in total. The predicted octanol–water partition coefficient (Wildman–Crippen LogP) is 2.40. The smallest absolute Gasteiger partial charge is 0.165 e. The molecule has 0 unspecified atom stereocenters. The van der Waals surface area contributed by atoms with Gasteiger partial charge in [0.05, 0.1) is 12.8 Å². The number of H-pyrrole nitrogens is 1. The molecule has 1 aromatic heterocycles. The van der Waals surface area contributed by atoms with Crippen molar-refractivity contribution in [3.63, 3.8) is 0 Å². The number of nitrogens with zero attached hydrogens (tertiary/aromatic N) is 2. The standard InChI is InChI=1S/C12H10FN3O/c1-7-10(6-14)16-12(15-7)8-3-4-11(17-2)9(13)5-8/h3-5H,1-2H3,(H,15,16). The number of hydrogen-bond donors (Lipinski definition) is 1. The summed E-state index contributed by atoms with van der Waals surface area (Å²) in [6, 6.07) is 6.48. The second-order valence-corrected chi connectivity index (χ2v) is 3.52. The fourth-order valence-electron chi connectivity index (χ4n) is 1.52. The van der Waals surface area contributed by atoms with Crippen LogP contribution in [-0.2, 0) is 0 Å². The molecular formula is C12H10FN3O. The Kier molecular flexibility index (Phi) is 2.79. The molecule has 1 aromatic carbocycles. The lowest BCUT2D eigenvalue weighted by atomic mass is 10.2. The highest BCUT2D eigenvalue weighted by molar-refractivity contribution is 5.58. The van der Waals surface area contributed by atoms with Gasteiger partial charge in [-0.1, -0.05) is 0 Å². The van der Waals surface area contributed by atoms with Gasteiger partial charge in [-0.15, -0.1) is 0 Å². The van der Waals surface area contributed by atoms with E-state index in [1.54, 1.807) is 13.0 Å². The van der Waals surface area contributed by atoms with E-state index in [1.807, 2.05) is 6.07 Å². The lowest BCUT2D eigenvalue weighted by Gasteiger charge is -2.02. The first kappa shape index (κ1) is 11.1. The summed E-state index contributed by atoms with van der Waals surface area (Å²) in [5, 5.41) is 8.79. The molecule has 86 valence electrons. The van der Waals surface area contributed by atoms with Crippen molar-refractivity contribution in [2.75, 3.05) is 7.11 Å². The molecule has 5 heteroatoms. The number of imidazole rings is 1. The zero-order valence-electron chi connectivity index (χ0n) is 9.41. The molecule has 0 radical (unpaired) electrons. The van der Waals surface area contributed by atoms with E-state index in [4.69, 9.17) is 10.00 Å². The SMILES string of the molecule is COc1ccc(-c2nc(C#N)c(C)[nH]2)cc1F. The molecular weight excluding hydrogens is 221 g/mol. The van der Waals surface area contributed by atoms with Gasteiger partial charge in [-0.2, -0.15) is 5.26 Å². The van der Waals surface area contributed by atoms with Crippen LogP contribution in [0.25, 0.3) is 11.4 Å². The van der Waals surface area contributed by atoms with Gasteiger partial charge in [-0.05, 0) is 25.1 Å². The number of nitriles is 1. The van der Waals surface area contributed by atoms with Crippen molar-refractivity contribution in [1.29, 1.82) is 5.26 Å². The number of ether oxygens (including phenoxy) is 1. The van der Waals surface area contributed by atoms with Gasteiger partial charge < -0.3 is 9.72 Å². The highest BCUT2D eigenvalue weighted by Gasteiger charge is 2.10. The molecule has 1 heterocycles. The van der Waals surface area contributed by atoms with Crippen LogP contribution in [0.2, 0.25) is 0 Å². The lowest BCUT2D eigenvalue weighted by Crippen LogP contribution is -1.89. The highest BCUT2D eigenvalue weighted by atomic mass is 19.1. The van der Waals surface area contributed by atoms with Crippen LogP contribution in [0.1, 0.15) is 11.4 Å². The van der Waals surface area contributed by atoms with Gasteiger partial charge in [-0.3, -0.25) is 0 Å². The van der Waals surface area contributed by atoms with Crippen LogP contribution in [0, 0.1) is 24.1 Å². The maximum Gasteiger partial charge on any atom is 0.165 e. The molecule has 0 bridgehead atoms. The van der Waals surface area contributed by atoms with E-state index < -0.39 is 5.82 Å². The van der Waals surface area contributed by atoms with Crippen molar-refractivity contribution in [2.24, 2.45) is 0 Å². The number of rotatable bonds is 2. The third-order valence-corrected chi connectivity index (χ3v) is 2.42. The summed E-state index contributed by atoms with van der Waals surface area (Å²) >= 11 is 0. The summed E-state index contributed by atoms with van der Waals surface area (Å²) in [6.07, 6.45) is 0. The van der Waals surface area contributed by atoms with Crippen LogP contribution >= 0.6 is 0 Å². The second kappa shape index (κ2) is 4.26. The minimum absolute atomic E-state index is 0.178. The number of aryl methyl sites for hydroxylation is 1. The molecule has 0 fully saturated rings. The fourth-order valence-corrected chi connectivity index (χ4v) is 1.52. The maximum atomic E-state index is 13.5. The molecule has 2 aromatic rings. The van der Waals surface area contributed by atoms with Gasteiger partial charge in [0.25, 0.3) is 0 Å². The molecule has 17 heavy (non-hydrogen) atoms. The Morgan fingerprint density at radius 2 is 2.24 bits per heavy atom. The summed E-state index contributed by atoms with van der Waals surface area (Å²) in [4.78, 5) is 7.01. The Labute approximate surface area is 97.7 Å².